The SMILES string of the molecule is CN(C)CC(=O)N[C@H](Cc1cccs1)c1nccs1. The lowest BCUT2D eigenvalue weighted by Gasteiger charge is -2.17. The Hall–Kier alpha value is -1.24. The van der Waals surface area contributed by atoms with Crippen molar-refractivity contribution in [2.24, 2.45) is 0 Å². The molecule has 0 spiro atoms. The highest BCUT2D eigenvalue weighted by molar-refractivity contribution is 7.10. The van der Waals surface area contributed by atoms with E-state index in [0.717, 1.165) is 11.4 Å². The number of carbonyl (C=O) groups is 1. The number of amides is 1. The molecule has 1 atom stereocenters. The molecule has 2 rings (SSSR count). The van der Waals surface area contributed by atoms with Crippen LogP contribution in [0.5, 0.6) is 0 Å². The molecule has 0 bridgehead atoms. The largest absolute Gasteiger partial charge is 0.345 e. The average molecular weight is 295 g/mol. The predicted molar refractivity (Wildman–Crippen MR) is 79.6 cm³/mol. The smallest absolute Gasteiger partial charge is 0.234 e. The van der Waals surface area contributed by atoms with E-state index in [2.05, 4.69) is 21.7 Å². The van der Waals surface area contributed by atoms with Crippen LogP contribution in [-0.4, -0.2) is 36.4 Å². The molecule has 0 aliphatic rings. The number of nitrogens with one attached hydrogen (secondary N) is 1. The van der Waals surface area contributed by atoms with Gasteiger partial charge in [0.05, 0.1) is 12.6 Å². The molecule has 0 unspecified atom stereocenters. The highest BCUT2D eigenvalue weighted by Gasteiger charge is 2.18. The van der Waals surface area contributed by atoms with Crippen LogP contribution >= 0.6 is 22.7 Å². The minimum absolute atomic E-state index is 0.0294. The molecule has 0 radical (unpaired) electrons. The van der Waals surface area contributed by atoms with Gasteiger partial charge in [-0.2, -0.15) is 0 Å². The lowest BCUT2D eigenvalue weighted by atomic mass is 10.2. The summed E-state index contributed by atoms with van der Waals surface area (Å²) in [5.41, 5.74) is 0. The van der Waals surface area contributed by atoms with Gasteiger partial charge in [-0.15, -0.1) is 22.7 Å². The second kappa shape index (κ2) is 6.79. The van der Waals surface area contributed by atoms with Crippen LogP contribution in [0.3, 0.4) is 0 Å². The molecule has 0 aliphatic carbocycles. The summed E-state index contributed by atoms with van der Waals surface area (Å²) in [5.74, 6) is 0.0294. The summed E-state index contributed by atoms with van der Waals surface area (Å²) < 4.78 is 0. The van der Waals surface area contributed by atoms with Gasteiger partial charge in [0.25, 0.3) is 0 Å². The van der Waals surface area contributed by atoms with Gasteiger partial charge in [-0.05, 0) is 25.5 Å². The van der Waals surface area contributed by atoms with E-state index in [1.807, 2.05) is 30.4 Å². The summed E-state index contributed by atoms with van der Waals surface area (Å²) >= 11 is 3.28. The Bertz CT molecular complexity index is 494. The van der Waals surface area contributed by atoms with Crippen molar-refractivity contribution in [2.45, 2.75) is 12.5 Å². The van der Waals surface area contributed by atoms with Crippen molar-refractivity contribution >= 4 is 28.6 Å². The van der Waals surface area contributed by atoms with Gasteiger partial charge in [0, 0.05) is 22.9 Å². The third kappa shape index (κ3) is 4.41. The van der Waals surface area contributed by atoms with E-state index in [-0.39, 0.29) is 11.9 Å². The molecular weight excluding hydrogens is 278 g/mol. The summed E-state index contributed by atoms with van der Waals surface area (Å²) in [7, 11) is 3.77. The fraction of sp³-hybridized carbons (Fsp3) is 0.385. The topological polar surface area (TPSA) is 45.2 Å². The molecule has 0 aliphatic heterocycles. The lowest BCUT2D eigenvalue weighted by molar-refractivity contribution is -0.122. The predicted octanol–water partition coefficient (Wildman–Crippen LogP) is 2.17. The highest BCUT2D eigenvalue weighted by atomic mass is 32.1. The Balaban J connectivity index is 2.04. The minimum Gasteiger partial charge on any atom is -0.345 e. The molecule has 1 amide bonds. The van der Waals surface area contributed by atoms with Gasteiger partial charge in [0.1, 0.15) is 5.01 Å². The van der Waals surface area contributed by atoms with E-state index in [1.165, 1.54) is 4.88 Å². The second-order valence-electron chi connectivity index (χ2n) is 4.51. The zero-order valence-electron chi connectivity index (χ0n) is 11.0. The molecule has 102 valence electrons. The molecule has 19 heavy (non-hydrogen) atoms. The highest BCUT2D eigenvalue weighted by Crippen LogP contribution is 2.22. The Morgan fingerprint density at radius 3 is 2.84 bits per heavy atom. The van der Waals surface area contributed by atoms with Crippen LogP contribution in [-0.2, 0) is 11.2 Å². The Morgan fingerprint density at radius 2 is 2.26 bits per heavy atom. The standard InChI is InChI=1S/C13H17N3OS2/c1-16(2)9-12(17)15-11(13-14-5-7-19-13)8-10-4-3-6-18-10/h3-7,11H,8-9H2,1-2H3,(H,15,17)/t11-/m1/s1. The van der Waals surface area contributed by atoms with Crippen LogP contribution in [0.1, 0.15) is 15.9 Å². The quantitative estimate of drug-likeness (QED) is 0.888. The zero-order chi connectivity index (χ0) is 13.7. The average Bonchev–Trinajstić information content (AvgIpc) is 2.99. The van der Waals surface area contributed by atoms with E-state index in [4.69, 9.17) is 0 Å². The van der Waals surface area contributed by atoms with E-state index in [9.17, 15) is 4.79 Å². The normalized spacial score (nSPS) is 12.6. The molecule has 2 heterocycles. The Morgan fingerprint density at radius 1 is 1.42 bits per heavy atom. The third-order valence-electron chi connectivity index (χ3n) is 2.53. The van der Waals surface area contributed by atoms with Gasteiger partial charge in [-0.3, -0.25) is 4.79 Å². The number of thiazole rings is 1. The fourth-order valence-electron chi connectivity index (χ4n) is 1.76. The van der Waals surface area contributed by atoms with E-state index in [1.54, 1.807) is 28.9 Å². The van der Waals surface area contributed by atoms with Crippen molar-refractivity contribution in [2.75, 3.05) is 20.6 Å². The van der Waals surface area contributed by atoms with Gasteiger partial charge >= 0.3 is 0 Å². The maximum Gasteiger partial charge on any atom is 0.234 e. The van der Waals surface area contributed by atoms with Crippen LogP contribution in [0.2, 0.25) is 0 Å². The first-order valence-electron chi connectivity index (χ1n) is 6.01. The number of rotatable bonds is 6. The van der Waals surface area contributed by atoms with Gasteiger partial charge in [-0.25, -0.2) is 4.98 Å². The zero-order valence-corrected chi connectivity index (χ0v) is 12.6. The van der Waals surface area contributed by atoms with Crippen molar-refractivity contribution in [3.05, 3.63) is 39.0 Å². The van der Waals surface area contributed by atoms with Crippen molar-refractivity contribution in [1.82, 2.24) is 15.2 Å². The summed E-state index contributed by atoms with van der Waals surface area (Å²) in [6.45, 7) is 0.395. The minimum atomic E-state index is -0.0360. The molecule has 0 fully saturated rings. The van der Waals surface area contributed by atoms with Crippen molar-refractivity contribution in [1.29, 1.82) is 0 Å². The van der Waals surface area contributed by atoms with Crippen LogP contribution in [0, 0.1) is 0 Å². The van der Waals surface area contributed by atoms with Crippen LogP contribution in [0.15, 0.2) is 29.1 Å². The van der Waals surface area contributed by atoms with Gasteiger partial charge < -0.3 is 10.2 Å². The number of aromatic nitrogens is 1. The molecular formula is C13H17N3OS2. The number of likely N-dealkylation sites (N-methyl/N-ethyl adjacent to an activating group) is 1. The second-order valence-corrected chi connectivity index (χ2v) is 6.47. The molecule has 2 aromatic heterocycles. The van der Waals surface area contributed by atoms with Crippen LogP contribution < -0.4 is 5.32 Å². The first kappa shape index (κ1) is 14.2. The van der Waals surface area contributed by atoms with E-state index >= 15 is 0 Å². The summed E-state index contributed by atoms with van der Waals surface area (Å²) in [6.07, 6.45) is 2.57. The van der Waals surface area contributed by atoms with E-state index < -0.39 is 0 Å². The lowest BCUT2D eigenvalue weighted by Crippen LogP contribution is -2.36. The monoisotopic (exact) mass is 295 g/mol. The van der Waals surface area contributed by atoms with Crippen LogP contribution in [0.25, 0.3) is 0 Å². The number of hydrogen-bond donors (Lipinski definition) is 1. The van der Waals surface area contributed by atoms with Crippen molar-refractivity contribution in [3.8, 4) is 0 Å². The first-order valence-corrected chi connectivity index (χ1v) is 7.77. The third-order valence-corrected chi connectivity index (χ3v) is 4.32. The van der Waals surface area contributed by atoms with E-state index in [0.29, 0.717) is 6.54 Å². The number of nitrogens with zero attached hydrogens (tertiary/aromatic N) is 2. The number of hydrogen-bond acceptors (Lipinski definition) is 5. The molecule has 2 aromatic rings. The number of carbonyl (C=O) groups excluding carboxylic acids is 1. The summed E-state index contributed by atoms with van der Waals surface area (Å²) in [4.78, 5) is 19.4. The van der Waals surface area contributed by atoms with Crippen molar-refractivity contribution in [3.63, 3.8) is 0 Å². The first-order chi connectivity index (χ1) is 9.15. The van der Waals surface area contributed by atoms with Gasteiger partial charge in [0.2, 0.25) is 5.91 Å². The molecule has 6 heteroatoms. The Kier molecular flexibility index (Phi) is 5.07. The molecule has 1 N–H and O–H groups in total. The van der Waals surface area contributed by atoms with Crippen LogP contribution in [0.4, 0.5) is 0 Å². The van der Waals surface area contributed by atoms with Gasteiger partial charge in [0.15, 0.2) is 0 Å². The maximum absolute atomic E-state index is 11.9. The summed E-state index contributed by atoms with van der Waals surface area (Å²) in [5, 5.41) is 8.01. The summed E-state index contributed by atoms with van der Waals surface area (Å²) in [6, 6.07) is 4.08. The molecule has 4 nitrogen and oxygen atoms in total. The molecule has 0 aromatic carbocycles. The maximum atomic E-state index is 11.9. The number of thiophene rings is 1. The molecule has 0 saturated heterocycles. The van der Waals surface area contributed by atoms with Crippen molar-refractivity contribution < 1.29 is 4.79 Å². The molecule has 0 saturated carbocycles. The van der Waals surface area contributed by atoms with Gasteiger partial charge in [-0.1, -0.05) is 6.07 Å². The Labute approximate surface area is 121 Å². The fourth-order valence-corrected chi connectivity index (χ4v) is 3.21.